The predicted molar refractivity (Wildman–Crippen MR) is 233 cm³/mol. The van der Waals surface area contributed by atoms with Crippen LogP contribution < -0.4 is 16.8 Å². The number of hydrogen-bond acceptors (Lipinski definition) is 10. The van der Waals surface area contributed by atoms with E-state index in [1.165, 1.54) is 6.20 Å². The first kappa shape index (κ1) is 42.9. The first-order valence-corrected chi connectivity index (χ1v) is 19.4. The van der Waals surface area contributed by atoms with Gasteiger partial charge in [-0.1, -0.05) is 53.0 Å². The number of amides is 2. The lowest BCUT2D eigenvalue weighted by atomic mass is 10.1. The Bertz CT molecular complexity index is 2770. The Labute approximate surface area is 358 Å². The van der Waals surface area contributed by atoms with E-state index in [0.29, 0.717) is 39.7 Å². The number of benzene rings is 3. The molecule has 0 saturated carbocycles. The zero-order chi connectivity index (χ0) is 42.9. The zero-order valence-corrected chi connectivity index (χ0v) is 34.5. The van der Waals surface area contributed by atoms with Crippen LogP contribution in [0.5, 0.6) is 0 Å². The maximum absolute atomic E-state index is 12.5. The van der Waals surface area contributed by atoms with Crippen LogP contribution in [0.25, 0.3) is 32.7 Å². The van der Waals surface area contributed by atoms with Gasteiger partial charge in [0.1, 0.15) is 5.82 Å². The second kappa shape index (κ2) is 19.4. The van der Waals surface area contributed by atoms with Gasteiger partial charge in [-0.25, -0.2) is 9.97 Å². The number of primary amides is 1. The first-order chi connectivity index (χ1) is 28.7. The van der Waals surface area contributed by atoms with Crippen LogP contribution in [0.1, 0.15) is 50.0 Å². The van der Waals surface area contributed by atoms with Crippen molar-refractivity contribution >= 4 is 91.1 Å². The molecule has 0 unspecified atom stereocenters. The second-order valence-electron chi connectivity index (χ2n) is 13.7. The number of oxazole rings is 1. The number of nitrogens with zero attached hydrogens (tertiary/aromatic N) is 5. The van der Waals surface area contributed by atoms with E-state index in [4.69, 9.17) is 55.8 Å². The molecule has 304 valence electrons. The van der Waals surface area contributed by atoms with Crippen LogP contribution in [0, 0.1) is 13.8 Å². The Hall–Kier alpha value is -6.67. The molecule has 13 nitrogen and oxygen atoms in total. The lowest BCUT2D eigenvalue weighted by Crippen LogP contribution is -2.23. The number of carbonyl (C=O) groups excluding carboxylic acids is 2. The molecule has 3 aromatic carbocycles. The van der Waals surface area contributed by atoms with Crippen LogP contribution in [-0.2, 0) is 35.4 Å². The number of carboxylic acids is 1. The minimum Gasteiger partial charge on any atom is -0.481 e. The highest BCUT2D eigenvalue weighted by Gasteiger charge is 2.15. The van der Waals surface area contributed by atoms with Crippen LogP contribution in [0.15, 0.2) is 108 Å². The molecule has 8 aromatic rings. The van der Waals surface area contributed by atoms with Gasteiger partial charge in [-0.2, -0.15) is 0 Å². The number of anilines is 1. The van der Waals surface area contributed by atoms with Crippen LogP contribution >= 0.6 is 34.8 Å². The molecular weight excluding hydrogens is 827 g/mol. The molecule has 2 amide bonds. The van der Waals surface area contributed by atoms with Crippen molar-refractivity contribution in [2.24, 2.45) is 5.73 Å². The van der Waals surface area contributed by atoms with Gasteiger partial charge < -0.3 is 26.3 Å². The lowest BCUT2D eigenvalue weighted by Gasteiger charge is -2.10. The molecule has 0 saturated heterocycles. The van der Waals surface area contributed by atoms with Gasteiger partial charge >= 0.3 is 5.97 Å². The molecule has 0 fully saturated rings. The molecule has 6 N–H and O–H groups in total. The Morgan fingerprint density at radius 2 is 1.18 bits per heavy atom. The van der Waals surface area contributed by atoms with Gasteiger partial charge in [0.15, 0.2) is 5.89 Å². The van der Waals surface area contributed by atoms with Crippen molar-refractivity contribution in [3.05, 3.63) is 164 Å². The van der Waals surface area contributed by atoms with E-state index >= 15 is 0 Å². The summed E-state index contributed by atoms with van der Waals surface area (Å²) in [5, 5.41) is 15.9. The smallest absolute Gasteiger partial charge is 0.307 e. The molecule has 0 aliphatic carbocycles. The summed E-state index contributed by atoms with van der Waals surface area (Å²) in [5.74, 6) is -0.440. The summed E-state index contributed by atoms with van der Waals surface area (Å²) in [6, 6.07) is 24.0. The Morgan fingerprint density at radius 3 is 1.68 bits per heavy atom. The average Bonchev–Trinajstić information content (AvgIpc) is 3.65. The van der Waals surface area contributed by atoms with Gasteiger partial charge in [-0.15, -0.1) is 0 Å². The number of pyridine rings is 4. The van der Waals surface area contributed by atoms with E-state index in [1.54, 1.807) is 48.9 Å². The van der Waals surface area contributed by atoms with Crippen LogP contribution in [-0.4, -0.2) is 47.8 Å². The maximum atomic E-state index is 12.5. The number of rotatable bonds is 9. The van der Waals surface area contributed by atoms with E-state index in [9.17, 15) is 14.4 Å². The predicted octanol–water partition coefficient (Wildman–Crippen LogP) is 8.42. The summed E-state index contributed by atoms with van der Waals surface area (Å²) in [4.78, 5) is 54.8. The summed E-state index contributed by atoms with van der Waals surface area (Å²) in [6.45, 7) is 4.13. The van der Waals surface area contributed by atoms with Crippen molar-refractivity contribution in [1.82, 2.24) is 30.2 Å². The van der Waals surface area contributed by atoms with Crippen molar-refractivity contribution in [3.8, 4) is 0 Å². The number of carboxylic acid groups (broad SMARTS) is 1. The second-order valence-corrected chi connectivity index (χ2v) is 15.0. The van der Waals surface area contributed by atoms with Gasteiger partial charge in [-0.05, 0) is 102 Å². The summed E-state index contributed by atoms with van der Waals surface area (Å²) in [5.41, 5.74) is 18.7. The molecule has 0 aliphatic heterocycles. The number of hydrogen-bond donors (Lipinski definition) is 4. The van der Waals surface area contributed by atoms with Crippen molar-refractivity contribution < 1.29 is 23.9 Å². The first-order valence-electron chi connectivity index (χ1n) is 18.3. The van der Waals surface area contributed by atoms with E-state index in [0.717, 1.165) is 66.2 Å². The number of fused-ring (bicyclic) bond motifs is 3. The highest BCUT2D eigenvalue weighted by Crippen LogP contribution is 2.22. The Kier molecular flexibility index (Phi) is 13.9. The molecule has 5 heterocycles. The standard InChI is InChI=1S/C22H20ClN5O2.C11H9ClN2O.C11H8ClNO2/c1-12-5-20(24)28-13(2)17(12)10-27-22(29)19-11-26-21(30-19)7-14-3-4-18-15(6-14)8-16(23)9-25-18;12-9-5-8-3-7(4-11(13)15)1-2-10(8)14-6-9;12-9-5-8-3-7(4-11(14)15)1-2-10(8)13-6-9/h3-6,8-9,11H,7,10H2,1-2H3,(H2,24,28)(H,27,29);1-3,5-6H,4H2,(H2,13,15);1-3,5-6H,4H2,(H,14,15). The molecular formula is C44H37Cl3N8O5. The molecule has 5 aromatic heterocycles. The minimum absolute atomic E-state index is 0.0163. The third kappa shape index (κ3) is 11.7. The quantitative estimate of drug-likeness (QED) is 0.108. The number of nitrogens with two attached hydrogens (primary N) is 2. The van der Waals surface area contributed by atoms with E-state index in [1.807, 2.05) is 62.4 Å². The van der Waals surface area contributed by atoms with Gasteiger partial charge in [-0.3, -0.25) is 29.3 Å². The number of aromatic nitrogens is 5. The fraction of sp³-hybridized carbons (Fsp3) is 0.136. The van der Waals surface area contributed by atoms with Gasteiger partial charge in [0.25, 0.3) is 5.91 Å². The van der Waals surface area contributed by atoms with Crippen molar-refractivity contribution in [2.45, 2.75) is 39.7 Å². The lowest BCUT2D eigenvalue weighted by molar-refractivity contribution is -0.136. The highest BCUT2D eigenvalue weighted by atomic mass is 35.5. The summed E-state index contributed by atoms with van der Waals surface area (Å²) in [7, 11) is 0. The minimum atomic E-state index is -0.843. The monoisotopic (exact) mass is 862 g/mol. The third-order valence-corrected chi connectivity index (χ3v) is 9.62. The van der Waals surface area contributed by atoms with Crippen molar-refractivity contribution in [1.29, 1.82) is 0 Å². The average molecular weight is 864 g/mol. The fourth-order valence-corrected chi connectivity index (χ4v) is 6.75. The number of carbonyl (C=O) groups is 3. The largest absolute Gasteiger partial charge is 0.481 e. The van der Waals surface area contributed by atoms with E-state index < -0.39 is 5.97 Å². The van der Waals surface area contributed by atoms with Crippen molar-refractivity contribution in [2.75, 3.05) is 5.73 Å². The number of aliphatic carboxylic acids is 1. The number of aryl methyl sites for hydroxylation is 2. The molecule has 60 heavy (non-hydrogen) atoms. The molecule has 0 atom stereocenters. The van der Waals surface area contributed by atoms with Gasteiger partial charge in [0, 0.05) is 53.4 Å². The molecule has 16 heteroatoms. The highest BCUT2D eigenvalue weighted by molar-refractivity contribution is 6.31. The summed E-state index contributed by atoms with van der Waals surface area (Å²) >= 11 is 17.6. The SMILES string of the molecule is Cc1cc(N)nc(C)c1CNC(=O)c1cnc(Cc2ccc3ncc(Cl)cc3c2)o1.NC(=O)Cc1ccc2ncc(Cl)cc2c1.O=C(O)Cc1ccc2ncc(Cl)cc2c1. The summed E-state index contributed by atoms with van der Waals surface area (Å²) in [6.07, 6.45) is 6.93. The molecule has 8 rings (SSSR count). The van der Waals surface area contributed by atoms with Crippen molar-refractivity contribution in [3.63, 3.8) is 0 Å². The van der Waals surface area contributed by atoms with Crippen LogP contribution in [0.3, 0.4) is 0 Å². The normalized spacial score (nSPS) is 10.8. The van der Waals surface area contributed by atoms with Gasteiger partial charge in [0.2, 0.25) is 11.7 Å². The third-order valence-electron chi connectivity index (χ3n) is 9.00. The number of halogens is 3. The molecule has 0 aliphatic rings. The Morgan fingerprint density at radius 1 is 0.683 bits per heavy atom. The topological polar surface area (TPSA) is 213 Å². The van der Waals surface area contributed by atoms with E-state index in [-0.39, 0.29) is 30.4 Å². The zero-order valence-electron chi connectivity index (χ0n) is 32.2. The molecule has 0 bridgehead atoms. The van der Waals surface area contributed by atoms with Crippen LogP contribution in [0.2, 0.25) is 15.1 Å². The Balaban J connectivity index is 0.000000168. The number of nitrogen functional groups attached to an aromatic ring is 1. The number of nitrogens with one attached hydrogen (secondary N) is 1. The molecule has 0 radical (unpaired) electrons. The maximum Gasteiger partial charge on any atom is 0.307 e. The summed E-state index contributed by atoms with van der Waals surface area (Å²) < 4.78 is 5.65. The fourth-order valence-electron chi connectivity index (χ4n) is 6.25. The van der Waals surface area contributed by atoms with E-state index in [2.05, 4.69) is 30.2 Å². The molecule has 0 spiro atoms. The van der Waals surface area contributed by atoms with Crippen LogP contribution in [0.4, 0.5) is 5.82 Å². The van der Waals surface area contributed by atoms with Gasteiger partial charge in [0.05, 0.1) is 50.7 Å².